The lowest BCUT2D eigenvalue weighted by Crippen LogP contribution is -2.51. The maximum atomic E-state index is 13.6. The third kappa shape index (κ3) is 9.03. The van der Waals surface area contributed by atoms with Crippen LogP contribution in [0.15, 0.2) is 78.9 Å². The van der Waals surface area contributed by atoms with Gasteiger partial charge in [-0.15, -0.1) is 11.8 Å². The summed E-state index contributed by atoms with van der Waals surface area (Å²) in [6.07, 6.45) is 2.34. The van der Waals surface area contributed by atoms with E-state index >= 15 is 0 Å². The molecule has 4 nitrogen and oxygen atoms in total. The first-order valence-corrected chi connectivity index (χ1v) is 14.0. The number of rotatable bonds is 13. The zero-order valence-corrected chi connectivity index (χ0v) is 22.7. The predicted molar refractivity (Wildman–Crippen MR) is 151 cm³/mol. The third-order valence-corrected chi connectivity index (χ3v) is 7.14. The van der Waals surface area contributed by atoms with E-state index in [0.717, 1.165) is 29.7 Å². The van der Waals surface area contributed by atoms with E-state index in [4.69, 9.17) is 11.6 Å². The van der Waals surface area contributed by atoms with Gasteiger partial charge >= 0.3 is 0 Å². The Labute approximate surface area is 224 Å². The molecular weight excluding hydrogens is 488 g/mol. The van der Waals surface area contributed by atoms with Gasteiger partial charge in [0.15, 0.2) is 0 Å². The fourth-order valence-corrected chi connectivity index (χ4v) is 5.10. The number of unbranched alkanes of at least 4 members (excludes halogenated alkanes) is 1. The Morgan fingerprint density at radius 2 is 1.67 bits per heavy atom. The molecule has 0 aliphatic carbocycles. The monoisotopic (exact) mass is 522 g/mol. The number of benzene rings is 3. The van der Waals surface area contributed by atoms with E-state index in [2.05, 4.69) is 37.4 Å². The average Bonchev–Trinajstić information content (AvgIpc) is 2.87. The quantitative estimate of drug-likeness (QED) is 0.263. The first-order valence-electron chi connectivity index (χ1n) is 12.4. The molecule has 1 N–H and O–H groups in total. The molecule has 0 radical (unpaired) electrons. The molecule has 190 valence electrons. The standard InChI is InChI=1S/C30H35ClN2O2S/c1-3-4-16-32-30(35)28(19-24-11-6-5-7-12-24)33(20-25-13-9-15-27(31)18-25)29(34)22-36-21-26-14-8-10-23(2)17-26/h5-15,17-18,28H,3-4,16,19-22H2,1-2H3,(H,32,35)/t28-/m1/s1. The van der Waals surface area contributed by atoms with Crippen molar-refractivity contribution in [3.05, 3.63) is 106 Å². The zero-order chi connectivity index (χ0) is 25.8. The van der Waals surface area contributed by atoms with E-state index in [1.165, 1.54) is 11.1 Å². The van der Waals surface area contributed by atoms with Gasteiger partial charge in [-0.3, -0.25) is 9.59 Å². The van der Waals surface area contributed by atoms with Gasteiger partial charge in [-0.25, -0.2) is 0 Å². The highest BCUT2D eigenvalue weighted by Gasteiger charge is 2.30. The fourth-order valence-electron chi connectivity index (χ4n) is 4.03. The minimum absolute atomic E-state index is 0.0563. The van der Waals surface area contributed by atoms with Crippen LogP contribution in [-0.4, -0.2) is 35.1 Å². The molecule has 0 aromatic heterocycles. The SMILES string of the molecule is CCCCNC(=O)[C@@H](Cc1ccccc1)N(Cc1cccc(Cl)c1)C(=O)CSCc1cccc(C)c1. The highest BCUT2D eigenvalue weighted by molar-refractivity contribution is 7.99. The van der Waals surface area contributed by atoms with E-state index in [1.54, 1.807) is 16.7 Å². The fraction of sp³-hybridized carbons (Fsp3) is 0.333. The number of nitrogens with zero attached hydrogens (tertiary/aromatic N) is 1. The van der Waals surface area contributed by atoms with Crippen molar-refractivity contribution in [3.8, 4) is 0 Å². The molecule has 3 rings (SSSR count). The van der Waals surface area contributed by atoms with Gasteiger partial charge in [0.05, 0.1) is 5.75 Å². The van der Waals surface area contributed by atoms with Crippen molar-refractivity contribution in [2.24, 2.45) is 0 Å². The van der Waals surface area contributed by atoms with Crippen molar-refractivity contribution in [2.45, 2.75) is 51.4 Å². The van der Waals surface area contributed by atoms with E-state index in [1.807, 2.05) is 60.7 Å². The van der Waals surface area contributed by atoms with Crippen molar-refractivity contribution >= 4 is 35.2 Å². The van der Waals surface area contributed by atoms with Crippen LogP contribution in [0.5, 0.6) is 0 Å². The number of nitrogens with one attached hydrogen (secondary N) is 1. The first-order chi connectivity index (χ1) is 17.5. The van der Waals surface area contributed by atoms with Gasteiger partial charge in [0.1, 0.15) is 6.04 Å². The van der Waals surface area contributed by atoms with Crippen LogP contribution in [0, 0.1) is 6.92 Å². The van der Waals surface area contributed by atoms with Crippen molar-refractivity contribution < 1.29 is 9.59 Å². The molecule has 2 amide bonds. The van der Waals surface area contributed by atoms with Crippen LogP contribution in [0.3, 0.4) is 0 Å². The van der Waals surface area contributed by atoms with Gasteiger partial charge in [-0.05, 0) is 42.2 Å². The second-order valence-electron chi connectivity index (χ2n) is 8.98. The van der Waals surface area contributed by atoms with Crippen LogP contribution in [0.4, 0.5) is 0 Å². The molecule has 0 unspecified atom stereocenters. The Morgan fingerprint density at radius 3 is 2.39 bits per heavy atom. The molecule has 1 atom stereocenters. The van der Waals surface area contributed by atoms with Crippen LogP contribution in [-0.2, 0) is 28.3 Å². The summed E-state index contributed by atoms with van der Waals surface area (Å²) >= 11 is 7.81. The van der Waals surface area contributed by atoms with E-state index in [-0.39, 0.29) is 11.8 Å². The molecule has 0 saturated carbocycles. The Hall–Kier alpha value is -2.76. The Morgan fingerprint density at radius 1 is 0.944 bits per heavy atom. The number of carbonyl (C=O) groups is 2. The third-order valence-electron chi connectivity index (χ3n) is 5.92. The maximum absolute atomic E-state index is 13.6. The molecule has 0 bridgehead atoms. The topological polar surface area (TPSA) is 49.4 Å². The molecule has 0 heterocycles. The number of aryl methyl sites for hydroxylation is 1. The van der Waals surface area contributed by atoms with Gasteiger partial charge in [-0.2, -0.15) is 0 Å². The number of hydrogen-bond acceptors (Lipinski definition) is 3. The van der Waals surface area contributed by atoms with Gasteiger partial charge < -0.3 is 10.2 Å². The molecule has 3 aromatic carbocycles. The smallest absolute Gasteiger partial charge is 0.243 e. The average molecular weight is 523 g/mol. The minimum atomic E-state index is -0.615. The van der Waals surface area contributed by atoms with Crippen LogP contribution >= 0.6 is 23.4 Å². The van der Waals surface area contributed by atoms with Crippen LogP contribution in [0.2, 0.25) is 5.02 Å². The van der Waals surface area contributed by atoms with E-state index < -0.39 is 6.04 Å². The summed E-state index contributed by atoms with van der Waals surface area (Å²) in [5.41, 5.74) is 4.31. The Bertz CT molecular complexity index is 1120. The largest absolute Gasteiger partial charge is 0.354 e. The lowest BCUT2D eigenvalue weighted by Gasteiger charge is -2.31. The van der Waals surface area contributed by atoms with Gasteiger partial charge in [0.2, 0.25) is 11.8 Å². The van der Waals surface area contributed by atoms with Crippen molar-refractivity contribution in [3.63, 3.8) is 0 Å². The van der Waals surface area contributed by atoms with E-state index in [9.17, 15) is 9.59 Å². The highest BCUT2D eigenvalue weighted by Crippen LogP contribution is 2.20. The van der Waals surface area contributed by atoms with E-state index in [0.29, 0.717) is 30.3 Å². The molecule has 0 aliphatic rings. The second kappa shape index (κ2) is 14.7. The zero-order valence-electron chi connectivity index (χ0n) is 21.1. The number of amides is 2. The molecule has 0 fully saturated rings. The normalized spacial score (nSPS) is 11.6. The number of halogens is 1. The first kappa shape index (κ1) is 27.8. The Balaban J connectivity index is 1.83. The van der Waals surface area contributed by atoms with Crippen molar-refractivity contribution in [2.75, 3.05) is 12.3 Å². The van der Waals surface area contributed by atoms with Gasteiger partial charge in [0, 0.05) is 30.3 Å². The molecule has 3 aromatic rings. The summed E-state index contributed by atoms with van der Waals surface area (Å²) in [4.78, 5) is 28.8. The number of thioether (sulfide) groups is 1. The summed E-state index contributed by atoms with van der Waals surface area (Å²) in [7, 11) is 0. The molecule has 36 heavy (non-hydrogen) atoms. The predicted octanol–water partition coefficient (Wildman–Crippen LogP) is 6.44. The summed E-state index contributed by atoms with van der Waals surface area (Å²) in [6, 6.07) is 25.1. The number of carbonyl (C=O) groups excluding carboxylic acids is 2. The molecule has 0 saturated heterocycles. The Kier molecular flexibility index (Phi) is 11.4. The molecular formula is C30H35ClN2O2S. The van der Waals surface area contributed by atoms with Gasteiger partial charge in [0.25, 0.3) is 0 Å². The van der Waals surface area contributed by atoms with Crippen LogP contribution in [0.25, 0.3) is 0 Å². The lowest BCUT2D eigenvalue weighted by atomic mass is 10.0. The summed E-state index contributed by atoms with van der Waals surface area (Å²) in [5.74, 6) is 0.859. The van der Waals surface area contributed by atoms with Gasteiger partial charge in [-0.1, -0.05) is 97.2 Å². The molecule has 6 heteroatoms. The lowest BCUT2D eigenvalue weighted by molar-refractivity contribution is -0.139. The maximum Gasteiger partial charge on any atom is 0.243 e. The summed E-state index contributed by atoms with van der Waals surface area (Å²) in [6.45, 7) is 5.08. The highest BCUT2D eigenvalue weighted by atomic mass is 35.5. The summed E-state index contributed by atoms with van der Waals surface area (Å²) in [5, 5.41) is 3.67. The second-order valence-corrected chi connectivity index (χ2v) is 10.4. The summed E-state index contributed by atoms with van der Waals surface area (Å²) < 4.78 is 0. The van der Waals surface area contributed by atoms with Crippen LogP contribution in [0.1, 0.15) is 42.0 Å². The van der Waals surface area contributed by atoms with Crippen molar-refractivity contribution in [1.29, 1.82) is 0 Å². The molecule has 0 aliphatic heterocycles. The number of hydrogen-bond donors (Lipinski definition) is 1. The van der Waals surface area contributed by atoms with Crippen molar-refractivity contribution in [1.82, 2.24) is 10.2 Å². The van der Waals surface area contributed by atoms with Crippen LogP contribution < -0.4 is 5.32 Å². The minimum Gasteiger partial charge on any atom is -0.354 e. The molecule has 0 spiro atoms.